The highest BCUT2D eigenvalue weighted by Gasteiger charge is 1.88. The average molecular weight is 238 g/mol. The van der Waals surface area contributed by atoms with E-state index in [0.717, 1.165) is 17.4 Å². The van der Waals surface area contributed by atoms with Gasteiger partial charge in [0.05, 0.1) is 6.54 Å². The Morgan fingerprint density at radius 3 is 2.54 bits per heavy atom. The molecule has 13 heavy (non-hydrogen) atoms. The van der Waals surface area contributed by atoms with Gasteiger partial charge in [-0.15, -0.1) is 0 Å². The monoisotopic (exact) mass is 237 g/mol. The van der Waals surface area contributed by atoms with Gasteiger partial charge in [-0.25, -0.2) is 0 Å². The van der Waals surface area contributed by atoms with Gasteiger partial charge in [-0.05, 0) is 24.7 Å². The molecule has 0 fully saturated rings. The molecule has 1 aromatic carbocycles. The topological polar surface area (TPSA) is 12.0 Å². The predicted molar refractivity (Wildman–Crippen MR) is 59.9 cm³/mol. The van der Waals surface area contributed by atoms with Crippen LogP contribution in [0.15, 0.2) is 24.3 Å². The van der Waals surface area contributed by atoms with E-state index >= 15 is 0 Å². The van der Waals surface area contributed by atoms with Crippen LogP contribution in [0.1, 0.15) is 11.1 Å². The van der Waals surface area contributed by atoms with Crippen LogP contribution in [0.3, 0.4) is 0 Å². The lowest BCUT2D eigenvalue weighted by molar-refractivity contribution is 0.938. The van der Waals surface area contributed by atoms with Gasteiger partial charge in [0.15, 0.2) is 0 Å². The number of alkyl halides is 1. The van der Waals surface area contributed by atoms with Gasteiger partial charge < -0.3 is 5.32 Å². The summed E-state index contributed by atoms with van der Waals surface area (Å²) < 4.78 is 0. The summed E-state index contributed by atoms with van der Waals surface area (Å²) in [5.74, 6) is 6.09. The summed E-state index contributed by atoms with van der Waals surface area (Å²) in [6, 6.07) is 8.24. The second kappa shape index (κ2) is 5.80. The predicted octanol–water partition coefficient (Wildman–Crippen LogP) is 2.15. The van der Waals surface area contributed by atoms with E-state index in [1.165, 1.54) is 5.56 Å². The molecule has 2 heteroatoms. The highest BCUT2D eigenvalue weighted by Crippen LogP contribution is 2.06. The van der Waals surface area contributed by atoms with Crippen molar-refractivity contribution < 1.29 is 0 Å². The summed E-state index contributed by atoms with van der Waals surface area (Å²) >= 11 is 3.40. The van der Waals surface area contributed by atoms with Crippen LogP contribution in [-0.4, -0.2) is 13.6 Å². The number of nitrogens with one attached hydrogen (secondary N) is 1. The molecule has 1 rings (SSSR count). The zero-order chi connectivity index (χ0) is 9.52. The molecule has 0 aliphatic heterocycles. The third-order valence-corrected chi connectivity index (χ3v) is 2.25. The van der Waals surface area contributed by atoms with Crippen molar-refractivity contribution in [2.75, 3.05) is 13.6 Å². The van der Waals surface area contributed by atoms with E-state index in [1.54, 1.807) is 0 Å². The Morgan fingerprint density at radius 1 is 1.31 bits per heavy atom. The lowest BCUT2D eigenvalue weighted by Crippen LogP contribution is -2.04. The summed E-state index contributed by atoms with van der Waals surface area (Å²) in [5.41, 5.74) is 2.35. The van der Waals surface area contributed by atoms with Crippen molar-refractivity contribution in [1.29, 1.82) is 0 Å². The maximum Gasteiger partial charge on any atom is 0.0577 e. The maximum atomic E-state index is 3.40. The van der Waals surface area contributed by atoms with Crippen LogP contribution in [0.2, 0.25) is 0 Å². The van der Waals surface area contributed by atoms with Gasteiger partial charge in [-0.1, -0.05) is 39.9 Å². The van der Waals surface area contributed by atoms with Crippen molar-refractivity contribution in [1.82, 2.24) is 5.32 Å². The Hall–Kier alpha value is -0.780. The first-order valence-electron chi connectivity index (χ1n) is 4.15. The number of rotatable bonds is 2. The van der Waals surface area contributed by atoms with E-state index in [2.05, 4.69) is 45.2 Å². The Bertz CT molecular complexity index is 305. The molecule has 0 atom stereocenters. The molecule has 0 saturated carbocycles. The van der Waals surface area contributed by atoms with Gasteiger partial charge in [0, 0.05) is 10.9 Å². The zero-order valence-corrected chi connectivity index (χ0v) is 9.19. The molecule has 0 bridgehead atoms. The lowest BCUT2D eigenvalue weighted by atomic mass is 10.1. The Kier molecular flexibility index (Phi) is 4.59. The summed E-state index contributed by atoms with van der Waals surface area (Å²) in [6.07, 6.45) is 0. The first-order chi connectivity index (χ1) is 6.36. The molecule has 0 heterocycles. The molecular weight excluding hydrogens is 226 g/mol. The van der Waals surface area contributed by atoms with E-state index in [1.807, 2.05) is 19.2 Å². The lowest BCUT2D eigenvalue weighted by Gasteiger charge is -1.94. The molecule has 0 unspecified atom stereocenters. The number of hydrogen-bond acceptors (Lipinski definition) is 1. The van der Waals surface area contributed by atoms with Crippen LogP contribution >= 0.6 is 15.9 Å². The minimum Gasteiger partial charge on any atom is -0.309 e. The molecule has 68 valence electrons. The normalized spacial score (nSPS) is 9.08. The van der Waals surface area contributed by atoms with Crippen LogP contribution in [0.4, 0.5) is 0 Å². The molecular formula is C11H12BrN. The first kappa shape index (κ1) is 10.3. The van der Waals surface area contributed by atoms with Crippen molar-refractivity contribution in [2.45, 2.75) is 5.33 Å². The minimum absolute atomic E-state index is 0.736. The van der Waals surface area contributed by atoms with E-state index in [9.17, 15) is 0 Å². The van der Waals surface area contributed by atoms with Gasteiger partial charge in [0.25, 0.3) is 0 Å². The first-order valence-corrected chi connectivity index (χ1v) is 5.27. The van der Waals surface area contributed by atoms with E-state index in [-0.39, 0.29) is 0 Å². The van der Waals surface area contributed by atoms with Crippen LogP contribution in [-0.2, 0) is 5.33 Å². The highest BCUT2D eigenvalue weighted by atomic mass is 79.9. The third-order valence-electron chi connectivity index (χ3n) is 1.61. The molecule has 0 saturated heterocycles. The Balaban J connectivity index is 2.65. The largest absolute Gasteiger partial charge is 0.309 e. The third kappa shape index (κ3) is 3.63. The SMILES string of the molecule is CNCC#Cc1ccc(CBr)cc1. The number of hydrogen-bond donors (Lipinski definition) is 1. The van der Waals surface area contributed by atoms with Gasteiger partial charge in [-0.3, -0.25) is 0 Å². The van der Waals surface area contributed by atoms with Crippen LogP contribution in [0.5, 0.6) is 0 Å². The fourth-order valence-corrected chi connectivity index (χ4v) is 1.29. The summed E-state index contributed by atoms with van der Waals surface area (Å²) in [7, 11) is 1.89. The average Bonchev–Trinajstić information content (AvgIpc) is 2.19. The molecule has 0 amide bonds. The smallest absolute Gasteiger partial charge is 0.0577 e. The van der Waals surface area contributed by atoms with Crippen molar-refractivity contribution in [3.05, 3.63) is 35.4 Å². The molecule has 1 N–H and O–H groups in total. The number of halogens is 1. The highest BCUT2D eigenvalue weighted by molar-refractivity contribution is 9.08. The number of benzene rings is 1. The Labute approximate surface area is 87.7 Å². The molecule has 0 aromatic heterocycles. The maximum absolute atomic E-state index is 3.40. The Morgan fingerprint density at radius 2 is 2.00 bits per heavy atom. The van der Waals surface area contributed by atoms with Crippen LogP contribution in [0, 0.1) is 11.8 Å². The van der Waals surface area contributed by atoms with Crippen molar-refractivity contribution in [3.8, 4) is 11.8 Å². The summed E-state index contributed by atoms with van der Waals surface area (Å²) in [6.45, 7) is 0.736. The van der Waals surface area contributed by atoms with Crippen molar-refractivity contribution in [2.24, 2.45) is 0 Å². The zero-order valence-electron chi connectivity index (χ0n) is 7.60. The standard InChI is InChI=1S/C11H12BrN/c1-13-8-2-3-10-4-6-11(9-12)7-5-10/h4-7,13H,8-9H2,1H3. The molecule has 0 aliphatic rings. The van der Waals surface area contributed by atoms with Crippen LogP contribution < -0.4 is 5.32 Å². The summed E-state index contributed by atoms with van der Waals surface area (Å²) in [5, 5.41) is 3.88. The van der Waals surface area contributed by atoms with E-state index in [4.69, 9.17) is 0 Å². The minimum atomic E-state index is 0.736. The van der Waals surface area contributed by atoms with Crippen LogP contribution in [0.25, 0.3) is 0 Å². The van der Waals surface area contributed by atoms with Gasteiger partial charge in [0.1, 0.15) is 0 Å². The molecule has 0 aliphatic carbocycles. The van der Waals surface area contributed by atoms with Crippen molar-refractivity contribution >= 4 is 15.9 Å². The quantitative estimate of drug-likeness (QED) is 0.615. The molecule has 1 nitrogen and oxygen atoms in total. The fourth-order valence-electron chi connectivity index (χ4n) is 0.912. The second-order valence-corrected chi connectivity index (χ2v) is 3.22. The van der Waals surface area contributed by atoms with Gasteiger partial charge >= 0.3 is 0 Å². The van der Waals surface area contributed by atoms with E-state index in [0.29, 0.717) is 0 Å². The van der Waals surface area contributed by atoms with E-state index < -0.39 is 0 Å². The molecule has 1 aromatic rings. The summed E-state index contributed by atoms with van der Waals surface area (Å²) in [4.78, 5) is 0. The van der Waals surface area contributed by atoms with Gasteiger partial charge in [0.2, 0.25) is 0 Å². The van der Waals surface area contributed by atoms with Gasteiger partial charge in [-0.2, -0.15) is 0 Å². The fraction of sp³-hybridized carbons (Fsp3) is 0.273. The molecule has 0 spiro atoms. The molecule has 0 radical (unpaired) electrons. The second-order valence-electron chi connectivity index (χ2n) is 2.66. The van der Waals surface area contributed by atoms with Crippen molar-refractivity contribution in [3.63, 3.8) is 0 Å².